The smallest absolute Gasteiger partial charge is 0.257 e. The summed E-state index contributed by atoms with van der Waals surface area (Å²) in [6.07, 6.45) is 3.70. The van der Waals surface area contributed by atoms with Gasteiger partial charge in [0.05, 0.1) is 11.8 Å². The van der Waals surface area contributed by atoms with Gasteiger partial charge in [-0.3, -0.25) is 9.78 Å². The zero-order valence-electron chi connectivity index (χ0n) is 9.10. The van der Waals surface area contributed by atoms with Crippen LogP contribution in [0.1, 0.15) is 30.6 Å². The molecule has 1 aromatic rings. The van der Waals surface area contributed by atoms with Crippen LogP contribution in [0, 0.1) is 0 Å². The van der Waals surface area contributed by atoms with Gasteiger partial charge in [0, 0.05) is 19.3 Å². The van der Waals surface area contributed by atoms with E-state index in [2.05, 4.69) is 4.98 Å². The maximum Gasteiger partial charge on any atom is 0.257 e. The van der Waals surface area contributed by atoms with E-state index in [1.54, 1.807) is 4.90 Å². The fourth-order valence-corrected chi connectivity index (χ4v) is 1.41. The minimum absolute atomic E-state index is 0.0583. The van der Waals surface area contributed by atoms with Gasteiger partial charge in [-0.2, -0.15) is 0 Å². The lowest BCUT2D eigenvalue weighted by molar-refractivity contribution is 0.0761. The third-order valence-corrected chi connectivity index (χ3v) is 2.19. The summed E-state index contributed by atoms with van der Waals surface area (Å²) in [6, 6.07) is 1.54. The maximum absolute atomic E-state index is 11.9. The van der Waals surface area contributed by atoms with Crippen molar-refractivity contribution in [2.75, 3.05) is 13.1 Å². The molecule has 1 aromatic heterocycles. The molecule has 4 heteroatoms. The summed E-state index contributed by atoms with van der Waals surface area (Å²) in [5, 5.41) is 9.48. The van der Waals surface area contributed by atoms with Crippen molar-refractivity contribution in [1.82, 2.24) is 9.88 Å². The molecule has 0 spiro atoms. The van der Waals surface area contributed by atoms with Crippen LogP contribution >= 0.6 is 0 Å². The van der Waals surface area contributed by atoms with Gasteiger partial charge >= 0.3 is 0 Å². The number of hydrogen-bond donors (Lipinski definition) is 1. The van der Waals surface area contributed by atoms with E-state index >= 15 is 0 Å². The molecule has 0 fully saturated rings. The molecule has 0 atom stereocenters. The van der Waals surface area contributed by atoms with Crippen molar-refractivity contribution < 1.29 is 9.90 Å². The normalized spacial score (nSPS) is 10.0. The van der Waals surface area contributed by atoms with E-state index < -0.39 is 0 Å². The van der Waals surface area contributed by atoms with Gasteiger partial charge in [-0.15, -0.1) is 0 Å². The lowest BCUT2D eigenvalue weighted by atomic mass is 10.2. The Morgan fingerprint density at radius 3 is 2.80 bits per heavy atom. The van der Waals surface area contributed by atoms with E-state index in [4.69, 9.17) is 0 Å². The van der Waals surface area contributed by atoms with E-state index in [9.17, 15) is 9.90 Å². The summed E-state index contributed by atoms with van der Waals surface area (Å²) in [5.41, 5.74) is 0.320. The minimum Gasteiger partial charge on any atom is -0.505 e. The lowest BCUT2D eigenvalue weighted by Gasteiger charge is -2.20. The molecule has 0 saturated heterocycles. The minimum atomic E-state index is -0.140. The topological polar surface area (TPSA) is 53.4 Å². The highest BCUT2D eigenvalue weighted by Crippen LogP contribution is 2.16. The van der Waals surface area contributed by atoms with E-state index in [1.807, 2.05) is 13.8 Å². The quantitative estimate of drug-likeness (QED) is 0.818. The number of carbonyl (C=O) groups excluding carboxylic acids is 1. The SMILES string of the molecule is CCCN(CC)C(=O)c1ccncc1O. The highest BCUT2D eigenvalue weighted by atomic mass is 16.3. The van der Waals surface area contributed by atoms with Crippen LogP contribution in [-0.4, -0.2) is 34.0 Å². The number of aromatic hydroxyl groups is 1. The Labute approximate surface area is 89.6 Å². The second-order valence-electron chi connectivity index (χ2n) is 3.28. The molecule has 4 nitrogen and oxygen atoms in total. The zero-order valence-corrected chi connectivity index (χ0v) is 9.10. The number of nitrogens with zero attached hydrogens (tertiary/aromatic N) is 2. The van der Waals surface area contributed by atoms with Gasteiger partial charge in [0.1, 0.15) is 5.75 Å². The predicted molar refractivity (Wildman–Crippen MR) is 57.8 cm³/mol. The summed E-state index contributed by atoms with van der Waals surface area (Å²) in [6.45, 7) is 5.29. The number of pyridine rings is 1. The monoisotopic (exact) mass is 208 g/mol. The molecule has 0 saturated carbocycles. The Morgan fingerprint density at radius 2 is 2.27 bits per heavy atom. The fourth-order valence-electron chi connectivity index (χ4n) is 1.41. The van der Waals surface area contributed by atoms with E-state index in [1.165, 1.54) is 18.5 Å². The molecule has 0 radical (unpaired) electrons. The Morgan fingerprint density at radius 1 is 1.53 bits per heavy atom. The van der Waals surface area contributed by atoms with Crippen LogP contribution in [-0.2, 0) is 0 Å². The largest absolute Gasteiger partial charge is 0.505 e. The summed E-state index contributed by atoms with van der Waals surface area (Å²) in [4.78, 5) is 17.4. The first-order valence-corrected chi connectivity index (χ1v) is 5.13. The average Bonchev–Trinajstić information content (AvgIpc) is 2.25. The van der Waals surface area contributed by atoms with Crippen LogP contribution in [0.2, 0.25) is 0 Å². The Kier molecular flexibility index (Phi) is 4.09. The first-order chi connectivity index (χ1) is 7.20. The van der Waals surface area contributed by atoms with Crippen molar-refractivity contribution in [2.24, 2.45) is 0 Å². The van der Waals surface area contributed by atoms with Crippen LogP contribution < -0.4 is 0 Å². The van der Waals surface area contributed by atoms with Crippen molar-refractivity contribution in [3.63, 3.8) is 0 Å². The molecular formula is C11H16N2O2. The summed E-state index contributed by atoms with van der Waals surface area (Å²) in [7, 11) is 0. The molecule has 1 heterocycles. The van der Waals surface area contributed by atoms with Gasteiger partial charge in [-0.05, 0) is 19.4 Å². The van der Waals surface area contributed by atoms with Gasteiger partial charge < -0.3 is 10.0 Å². The van der Waals surface area contributed by atoms with Crippen LogP contribution in [0.4, 0.5) is 0 Å². The Bertz CT molecular complexity index is 339. The van der Waals surface area contributed by atoms with Crippen LogP contribution in [0.5, 0.6) is 5.75 Å². The highest BCUT2D eigenvalue weighted by molar-refractivity contribution is 5.96. The first-order valence-electron chi connectivity index (χ1n) is 5.13. The molecule has 0 unspecified atom stereocenters. The van der Waals surface area contributed by atoms with Crippen molar-refractivity contribution in [2.45, 2.75) is 20.3 Å². The van der Waals surface area contributed by atoms with Gasteiger partial charge in [0.2, 0.25) is 0 Å². The number of rotatable bonds is 4. The molecule has 1 amide bonds. The summed E-state index contributed by atoms with van der Waals surface area (Å²) in [5.74, 6) is -0.198. The summed E-state index contributed by atoms with van der Waals surface area (Å²) < 4.78 is 0. The van der Waals surface area contributed by atoms with E-state index in [0.29, 0.717) is 18.7 Å². The highest BCUT2D eigenvalue weighted by Gasteiger charge is 2.16. The second-order valence-corrected chi connectivity index (χ2v) is 3.28. The summed E-state index contributed by atoms with van der Waals surface area (Å²) >= 11 is 0. The molecule has 15 heavy (non-hydrogen) atoms. The molecule has 0 bridgehead atoms. The standard InChI is InChI=1S/C11H16N2O2/c1-3-7-13(4-2)11(15)9-5-6-12-8-10(9)14/h5-6,8,14H,3-4,7H2,1-2H3. The van der Waals surface area contributed by atoms with Crippen molar-refractivity contribution in [1.29, 1.82) is 0 Å². The molecule has 1 N–H and O–H groups in total. The Hall–Kier alpha value is -1.58. The zero-order chi connectivity index (χ0) is 11.3. The van der Waals surface area contributed by atoms with E-state index in [0.717, 1.165) is 6.42 Å². The van der Waals surface area contributed by atoms with Crippen molar-refractivity contribution >= 4 is 5.91 Å². The number of hydrogen-bond acceptors (Lipinski definition) is 3. The van der Waals surface area contributed by atoms with Gasteiger partial charge in [-0.1, -0.05) is 6.92 Å². The predicted octanol–water partition coefficient (Wildman–Crippen LogP) is 1.66. The third-order valence-electron chi connectivity index (χ3n) is 2.19. The Balaban J connectivity index is 2.88. The van der Waals surface area contributed by atoms with Gasteiger partial charge in [0.25, 0.3) is 5.91 Å². The average molecular weight is 208 g/mol. The first kappa shape index (κ1) is 11.5. The third kappa shape index (κ3) is 2.68. The van der Waals surface area contributed by atoms with Crippen molar-refractivity contribution in [3.8, 4) is 5.75 Å². The number of aromatic nitrogens is 1. The van der Waals surface area contributed by atoms with Crippen LogP contribution in [0.15, 0.2) is 18.5 Å². The van der Waals surface area contributed by atoms with Crippen LogP contribution in [0.3, 0.4) is 0 Å². The van der Waals surface area contributed by atoms with Gasteiger partial charge in [0.15, 0.2) is 0 Å². The second kappa shape index (κ2) is 5.34. The number of amides is 1. The molecule has 1 rings (SSSR count). The number of carbonyl (C=O) groups is 1. The molecule has 0 aliphatic carbocycles. The maximum atomic E-state index is 11.9. The van der Waals surface area contributed by atoms with E-state index in [-0.39, 0.29) is 11.7 Å². The van der Waals surface area contributed by atoms with Gasteiger partial charge in [-0.25, -0.2) is 0 Å². The molecule has 0 aliphatic rings. The molecule has 0 aromatic carbocycles. The van der Waals surface area contributed by atoms with Crippen molar-refractivity contribution in [3.05, 3.63) is 24.0 Å². The molecule has 0 aliphatic heterocycles. The molecular weight excluding hydrogens is 192 g/mol. The molecule has 82 valence electrons. The fraction of sp³-hybridized carbons (Fsp3) is 0.455. The van der Waals surface area contributed by atoms with Crippen LogP contribution in [0.25, 0.3) is 0 Å². The lowest BCUT2D eigenvalue weighted by Crippen LogP contribution is -2.31.